The number of hydrogen-bond acceptors (Lipinski definition) is 6. The molecule has 33 heavy (non-hydrogen) atoms. The molecular weight excluding hydrogens is 436 g/mol. The minimum atomic E-state index is -1.21. The fourth-order valence-corrected chi connectivity index (χ4v) is 2.96. The van der Waals surface area contributed by atoms with Gasteiger partial charge in [-0.25, -0.2) is 4.39 Å². The Hall–Kier alpha value is -2.87. The van der Waals surface area contributed by atoms with E-state index in [9.17, 15) is 14.3 Å². The number of oxime groups is 1. The minimum absolute atomic E-state index is 0. The van der Waals surface area contributed by atoms with Crippen molar-refractivity contribution in [1.82, 2.24) is 0 Å². The Labute approximate surface area is 214 Å². The van der Waals surface area contributed by atoms with Gasteiger partial charge in [-0.1, -0.05) is 53.7 Å². The van der Waals surface area contributed by atoms with Crippen LogP contribution in [0.25, 0.3) is 0 Å². The number of benzene rings is 3. The molecule has 0 bridgehead atoms. The molecule has 0 unspecified atom stereocenters. The van der Waals surface area contributed by atoms with Crippen LogP contribution in [0.2, 0.25) is 0 Å². The second kappa shape index (κ2) is 13.6. The first-order chi connectivity index (χ1) is 15.5. The Morgan fingerprint density at radius 1 is 0.970 bits per heavy atom. The van der Waals surface area contributed by atoms with Gasteiger partial charge >= 0.3 is 29.6 Å². The zero-order valence-corrected chi connectivity index (χ0v) is 20.6. The van der Waals surface area contributed by atoms with Gasteiger partial charge in [-0.05, 0) is 42.2 Å². The molecule has 3 aromatic carbocycles. The van der Waals surface area contributed by atoms with Crippen LogP contribution in [-0.2, 0) is 22.7 Å². The van der Waals surface area contributed by atoms with Crippen molar-refractivity contribution in [3.8, 4) is 11.5 Å². The maximum Gasteiger partial charge on any atom is 1.00 e. The van der Waals surface area contributed by atoms with Crippen LogP contribution in [0.1, 0.15) is 23.1 Å². The predicted octanol–water partition coefficient (Wildman–Crippen LogP) is 0.521. The number of carbonyl (C=O) groups excluding carboxylic acids is 1. The van der Waals surface area contributed by atoms with Crippen molar-refractivity contribution < 1.29 is 58.2 Å². The van der Waals surface area contributed by atoms with E-state index in [1.807, 2.05) is 54.6 Å². The number of carboxylic acids is 1. The van der Waals surface area contributed by atoms with Crippen LogP contribution in [0.3, 0.4) is 0 Å². The van der Waals surface area contributed by atoms with E-state index in [0.29, 0.717) is 22.8 Å². The summed E-state index contributed by atoms with van der Waals surface area (Å²) in [5.74, 6) is -0.682. The van der Waals surface area contributed by atoms with Crippen molar-refractivity contribution in [2.75, 3.05) is 13.7 Å². The molecule has 0 aromatic heterocycles. The molecule has 0 N–H and O–H groups in total. The normalized spacial score (nSPS) is 10.8. The van der Waals surface area contributed by atoms with Crippen molar-refractivity contribution in [2.24, 2.45) is 5.16 Å². The van der Waals surface area contributed by atoms with Crippen LogP contribution in [0.5, 0.6) is 11.5 Å². The molecule has 166 valence electrons. The van der Waals surface area contributed by atoms with Crippen LogP contribution in [0.15, 0.2) is 78.0 Å². The van der Waals surface area contributed by atoms with Crippen molar-refractivity contribution in [2.45, 2.75) is 19.4 Å². The van der Waals surface area contributed by atoms with Crippen LogP contribution in [-0.4, -0.2) is 25.4 Å². The summed E-state index contributed by atoms with van der Waals surface area (Å²) < 4.78 is 25.5. The molecule has 3 rings (SSSR count). The zero-order chi connectivity index (χ0) is 22.8. The fraction of sp³-hybridized carbons (Fsp3) is 0.200. The minimum Gasteiger partial charge on any atom is -0.550 e. The maximum absolute atomic E-state index is 14.1. The van der Waals surface area contributed by atoms with E-state index < -0.39 is 11.8 Å². The fourth-order valence-electron chi connectivity index (χ4n) is 2.96. The van der Waals surface area contributed by atoms with Gasteiger partial charge in [0.15, 0.2) is 0 Å². The molecule has 0 aliphatic heterocycles. The van der Waals surface area contributed by atoms with Gasteiger partial charge in [0.2, 0.25) is 0 Å². The molecular formula is C25H23FNNaO5. The standard InChI is InChI=1S/C25H24FNO5.Na/c1-30-27-24(20-5-3-2-4-6-20)17-32-21-11-7-18(8-12-21)16-31-22-13-9-19(23(26)15-22)10-14-25(28)29;/h2-9,11-13,15H,10,14,16-17H2,1H3,(H,28,29);/q;+1/p-1/b27-24+;. The van der Waals surface area contributed by atoms with Gasteiger partial charge in [-0.15, -0.1) is 0 Å². The van der Waals surface area contributed by atoms with Gasteiger partial charge in [0.1, 0.15) is 43.4 Å². The van der Waals surface area contributed by atoms with Crippen LogP contribution in [0.4, 0.5) is 4.39 Å². The Morgan fingerprint density at radius 3 is 2.30 bits per heavy atom. The largest absolute Gasteiger partial charge is 1.00 e. The third kappa shape index (κ3) is 8.53. The predicted molar refractivity (Wildman–Crippen MR) is 116 cm³/mol. The SMILES string of the molecule is CO/N=C(\COc1ccc(COc2ccc(CCC(=O)[O-])c(F)c2)cc1)c1ccccc1.[Na+]. The average molecular weight is 459 g/mol. The van der Waals surface area contributed by atoms with E-state index in [4.69, 9.17) is 14.3 Å². The summed E-state index contributed by atoms with van der Waals surface area (Å²) in [6, 6.07) is 21.4. The first-order valence-electron chi connectivity index (χ1n) is 10.0. The Kier molecular flexibility index (Phi) is 10.9. The van der Waals surface area contributed by atoms with Crippen LogP contribution < -0.4 is 44.1 Å². The van der Waals surface area contributed by atoms with Gasteiger partial charge in [-0.3, -0.25) is 0 Å². The van der Waals surface area contributed by atoms with Crippen molar-refractivity contribution in [1.29, 1.82) is 0 Å². The number of halogens is 1. The molecule has 0 aliphatic rings. The van der Waals surface area contributed by atoms with Crippen molar-refractivity contribution in [3.63, 3.8) is 0 Å². The van der Waals surface area contributed by atoms with Gasteiger partial charge < -0.3 is 24.2 Å². The molecule has 0 saturated carbocycles. The molecule has 3 aromatic rings. The molecule has 0 spiro atoms. The molecule has 6 nitrogen and oxygen atoms in total. The van der Waals surface area contributed by atoms with E-state index >= 15 is 0 Å². The van der Waals surface area contributed by atoms with E-state index in [1.54, 1.807) is 6.07 Å². The zero-order valence-electron chi connectivity index (χ0n) is 18.6. The topological polar surface area (TPSA) is 80.2 Å². The molecule has 0 saturated heterocycles. The van der Waals surface area contributed by atoms with Gasteiger partial charge in [0, 0.05) is 17.6 Å². The van der Waals surface area contributed by atoms with E-state index in [-0.39, 0.29) is 55.6 Å². The molecule has 0 heterocycles. The van der Waals surface area contributed by atoms with Gasteiger partial charge in [0.25, 0.3) is 0 Å². The van der Waals surface area contributed by atoms with Crippen LogP contribution >= 0.6 is 0 Å². The molecule has 0 radical (unpaired) electrons. The number of carboxylic acid groups (broad SMARTS) is 1. The second-order valence-electron chi connectivity index (χ2n) is 6.93. The quantitative estimate of drug-likeness (QED) is 0.237. The summed E-state index contributed by atoms with van der Waals surface area (Å²) >= 11 is 0. The summed E-state index contributed by atoms with van der Waals surface area (Å²) in [6.07, 6.45) is -0.146. The third-order valence-corrected chi connectivity index (χ3v) is 4.64. The number of ether oxygens (including phenoxy) is 2. The van der Waals surface area contributed by atoms with E-state index in [1.165, 1.54) is 19.2 Å². The molecule has 8 heteroatoms. The Morgan fingerprint density at radius 2 is 1.67 bits per heavy atom. The molecule has 0 amide bonds. The summed E-state index contributed by atoms with van der Waals surface area (Å²) in [6.45, 7) is 0.496. The summed E-state index contributed by atoms with van der Waals surface area (Å²) in [5.41, 5.74) is 2.78. The number of nitrogens with zero attached hydrogens (tertiary/aromatic N) is 1. The first kappa shape index (κ1) is 26.4. The monoisotopic (exact) mass is 459 g/mol. The smallest absolute Gasteiger partial charge is 0.550 e. The maximum atomic E-state index is 14.1. The second-order valence-corrected chi connectivity index (χ2v) is 6.93. The number of carbonyl (C=O) groups is 1. The van der Waals surface area contributed by atoms with E-state index in [0.717, 1.165) is 11.1 Å². The number of aliphatic carboxylic acids is 1. The third-order valence-electron chi connectivity index (χ3n) is 4.64. The molecule has 0 atom stereocenters. The summed E-state index contributed by atoms with van der Waals surface area (Å²) in [7, 11) is 1.49. The first-order valence-corrected chi connectivity index (χ1v) is 10.0. The van der Waals surface area contributed by atoms with Gasteiger partial charge in [-0.2, -0.15) is 0 Å². The molecule has 0 fully saturated rings. The number of rotatable bonds is 11. The van der Waals surface area contributed by atoms with Crippen molar-refractivity contribution in [3.05, 3.63) is 95.3 Å². The summed E-state index contributed by atoms with van der Waals surface area (Å²) in [4.78, 5) is 15.4. The number of aryl methyl sites for hydroxylation is 1. The molecule has 0 aliphatic carbocycles. The number of hydrogen-bond donors (Lipinski definition) is 0. The Bertz CT molecular complexity index is 1060. The van der Waals surface area contributed by atoms with Gasteiger partial charge in [0.05, 0.1) is 0 Å². The summed E-state index contributed by atoms with van der Waals surface area (Å²) in [5, 5.41) is 14.6. The Balaban J connectivity index is 0.00000385. The average Bonchev–Trinajstić information content (AvgIpc) is 2.81. The van der Waals surface area contributed by atoms with E-state index in [2.05, 4.69) is 5.16 Å². The van der Waals surface area contributed by atoms with Crippen molar-refractivity contribution >= 4 is 11.7 Å². The van der Waals surface area contributed by atoms with Crippen LogP contribution in [0, 0.1) is 5.82 Å².